The lowest BCUT2D eigenvalue weighted by atomic mass is 9.90. The van der Waals surface area contributed by atoms with E-state index in [0.29, 0.717) is 6.04 Å². The van der Waals surface area contributed by atoms with Crippen molar-refractivity contribution in [3.05, 3.63) is 71.3 Å². The Morgan fingerprint density at radius 3 is 2.33 bits per heavy atom. The number of halogens is 3. The van der Waals surface area contributed by atoms with Crippen LogP contribution in [0.15, 0.2) is 54.6 Å². The Labute approximate surface area is 160 Å². The SMILES string of the molecule is CCCC(c1ccc(C(F)(F)F)cc1)N1CCCCC1Cc1ccccc1. The third-order valence-electron chi connectivity index (χ3n) is 5.57. The minimum atomic E-state index is -4.28. The molecule has 0 spiro atoms. The fourth-order valence-corrected chi connectivity index (χ4v) is 4.23. The standard InChI is InChI=1S/C23H28F3N/c1-2-8-22(19-12-14-20(15-13-19)23(24,25)26)27-16-7-6-11-21(27)17-18-9-4-3-5-10-18/h3-5,9-10,12-15,21-22H,2,6-8,11,16-17H2,1H3. The molecule has 2 atom stereocenters. The Morgan fingerprint density at radius 1 is 1.00 bits per heavy atom. The zero-order chi connectivity index (χ0) is 19.3. The molecule has 0 aromatic heterocycles. The maximum Gasteiger partial charge on any atom is 0.416 e. The molecule has 0 bridgehead atoms. The summed E-state index contributed by atoms with van der Waals surface area (Å²) >= 11 is 0. The molecule has 2 unspecified atom stereocenters. The predicted octanol–water partition coefficient (Wildman–Crippen LogP) is 6.64. The molecule has 2 aromatic rings. The van der Waals surface area contributed by atoms with Crippen LogP contribution in [0.1, 0.15) is 61.8 Å². The highest BCUT2D eigenvalue weighted by molar-refractivity contribution is 5.27. The van der Waals surface area contributed by atoms with Crippen LogP contribution in [-0.4, -0.2) is 17.5 Å². The van der Waals surface area contributed by atoms with Crippen LogP contribution in [0.2, 0.25) is 0 Å². The highest BCUT2D eigenvalue weighted by Crippen LogP contribution is 2.35. The van der Waals surface area contributed by atoms with Gasteiger partial charge in [0.15, 0.2) is 0 Å². The second-order valence-electron chi connectivity index (χ2n) is 7.50. The van der Waals surface area contributed by atoms with Gasteiger partial charge in [-0.1, -0.05) is 62.2 Å². The van der Waals surface area contributed by atoms with Gasteiger partial charge in [-0.25, -0.2) is 0 Å². The fourth-order valence-electron chi connectivity index (χ4n) is 4.23. The molecular weight excluding hydrogens is 347 g/mol. The number of hydrogen-bond donors (Lipinski definition) is 0. The Kier molecular flexibility index (Phi) is 6.59. The van der Waals surface area contributed by atoms with Crippen molar-refractivity contribution in [3.8, 4) is 0 Å². The smallest absolute Gasteiger partial charge is 0.293 e. The van der Waals surface area contributed by atoms with E-state index in [1.807, 2.05) is 6.07 Å². The van der Waals surface area contributed by atoms with Crippen LogP contribution in [0, 0.1) is 0 Å². The molecule has 1 saturated heterocycles. The molecule has 4 heteroatoms. The van der Waals surface area contributed by atoms with Gasteiger partial charge in [-0.05, 0) is 55.5 Å². The van der Waals surface area contributed by atoms with E-state index < -0.39 is 11.7 Å². The first-order valence-electron chi connectivity index (χ1n) is 9.96. The molecular formula is C23H28F3N. The van der Waals surface area contributed by atoms with E-state index in [1.165, 1.54) is 24.1 Å². The average Bonchev–Trinajstić information content (AvgIpc) is 2.67. The molecule has 146 valence electrons. The minimum Gasteiger partial charge on any atom is -0.293 e. The van der Waals surface area contributed by atoms with Crippen molar-refractivity contribution < 1.29 is 13.2 Å². The zero-order valence-corrected chi connectivity index (χ0v) is 15.9. The van der Waals surface area contributed by atoms with Crippen LogP contribution in [0.5, 0.6) is 0 Å². The highest BCUT2D eigenvalue weighted by atomic mass is 19.4. The van der Waals surface area contributed by atoms with Crippen LogP contribution in [0.25, 0.3) is 0 Å². The van der Waals surface area contributed by atoms with Gasteiger partial charge in [-0.15, -0.1) is 0 Å². The summed E-state index contributed by atoms with van der Waals surface area (Å²) in [5.74, 6) is 0. The summed E-state index contributed by atoms with van der Waals surface area (Å²) in [6.07, 6.45) is 2.24. The molecule has 1 heterocycles. The number of piperidine rings is 1. The zero-order valence-electron chi connectivity index (χ0n) is 15.9. The summed E-state index contributed by atoms with van der Waals surface area (Å²) < 4.78 is 38.8. The first-order valence-corrected chi connectivity index (χ1v) is 9.96. The van der Waals surface area contributed by atoms with Crippen molar-refractivity contribution >= 4 is 0 Å². The number of hydrogen-bond acceptors (Lipinski definition) is 1. The molecule has 0 amide bonds. The lowest BCUT2D eigenvalue weighted by Gasteiger charge is -2.42. The maximum atomic E-state index is 12.9. The van der Waals surface area contributed by atoms with Crippen LogP contribution < -0.4 is 0 Å². The second kappa shape index (κ2) is 8.92. The quantitative estimate of drug-likeness (QED) is 0.547. The lowest BCUT2D eigenvalue weighted by molar-refractivity contribution is -0.137. The topological polar surface area (TPSA) is 3.24 Å². The van der Waals surface area contributed by atoms with Crippen LogP contribution >= 0.6 is 0 Å². The van der Waals surface area contributed by atoms with E-state index in [1.54, 1.807) is 12.1 Å². The summed E-state index contributed by atoms with van der Waals surface area (Å²) in [7, 11) is 0. The number of benzene rings is 2. The highest BCUT2D eigenvalue weighted by Gasteiger charge is 2.32. The van der Waals surface area contributed by atoms with Crippen molar-refractivity contribution in [2.24, 2.45) is 0 Å². The summed E-state index contributed by atoms with van der Waals surface area (Å²) in [5, 5.41) is 0. The molecule has 0 aliphatic carbocycles. The van der Waals surface area contributed by atoms with Gasteiger partial charge in [0.05, 0.1) is 5.56 Å². The van der Waals surface area contributed by atoms with Gasteiger partial charge in [0.2, 0.25) is 0 Å². The normalized spacial score (nSPS) is 19.8. The van der Waals surface area contributed by atoms with Gasteiger partial charge >= 0.3 is 6.18 Å². The molecule has 1 nitrogen and oxygen atoms in total. The largest absolute Gasteiger partial charge is 0.416 e. The molecule has 0 N–H and O–H groups in total. The molecule has 0 saturated carbocycles. The van der Waals surface area contributed by atoms with Crippen molar-refractivity contribution in [2.75, 3.05) is 6.54 Å². The summed E-state index contributed by atoms with van der Waals surface area (Å²) in [4.78, 5) is 2.54. The monoisotopic (exact) mass is 375 g/mol. The predicted molar refractivity (Wildman–Crippen MR) is 104 cm³/mol. The summed E-state index contributed by atoms with van der Waals surface area (Å²) in [6, 6.07) is 17.0. The first kappa shape index (κ1) is 19.9. The molecule has 27 heavy (non-hydrogen) atoms. The van der Waals surface area contributed by atoms with Crippen LogP contribution in [0.4, 0.5) is 13.2 Å². The van der Waals surface area contributed by atoms with Gasteiger partial charge in [-0.2, -0.15) is 13.2 Å². The summed E-state index contributed by atoms with van der Waals surface area (Å²) in [5.41, 5.74) is 1.77. The van der Waals surface area contributed by atoms with Gasteiger partial charge < -0.3 is 0 Å². The van der Waals surface area contributed by atoms with Crippen LogP contribution in [-0.2, 0) is 12.6 Å². The Morgan fingerprint density at radius 2 is 1.70 bits per heavy atom. The van der Waals surface area contributed by atoms with E-state index in [4.69, 9.17) is 0 Å². The van der Waals surface area contributed by atoms with E-state index in [2.05, 4.69) is 36.1 Å². The minimum absolute atomic E-state index is 0.186. The third kappa shape index (κ3) is 5.13. The molecule has 3 rings (SSSR count). The Hall–Kier alpha value is -1.81. The molecule has 1 fully saturated rings. The van der Waals surface area contributed by atoms with Gasteiger partial charge in [0.1, 0.15) is 0 Å². The number of nitrogens with zero attached hydrogens (tertiary/aromatic N) is 1. The number of alkyl halides is 3. The van der Waals surface area contributed by atoms with Crippen molar-refractivity contribution in [3.63, 3.8) is 0 Å². The van der Waals surface area contributed by atoms with Crippen molar-refractivity contribution in [2.45, 2.75) is 63.7 Å². The van der Waals surface area contributed by atoms with Gasteiger partial charge in [-0.3, -0.25) is 4.90 Å². The lowest BCUT2D eigenvalue weighted by Crippen LogP contribution is -2.43. The third-order valence-corrected chi connectivity index (χ3v) is 5.57. The van der Waals surface area contributed by atoms with E-state index in [-0.39, 0.29) is 6.04 Å². The Bertz CT molecular complexity index is 694. The van der Waals surface area contributed by atoms with Crippen LogP contribution in [0.3, 0.4) is 0 Å². The molecule has 1 aliphatic heterocycles. The van der Waals surface area contributed by atoms with Crippen molar-refractivity contribution in [1.82, 2.24) is 4.90 Å². The van der Waals surface area contributed by atoms with Crippen molar-refractivity contribution in [1.29, 1.82) is 0 Å². The Balaban J connectivity index is 1.82. The fraction of sp³-hybridized carbons (Fsp3) is 0.478. The number of rotatable bonds is 6. The molecule has 2 aromatic carbocycles. The molecule has 1 aliphatic rings. The van der Waals surface area contributed by atoms with E-state index in [9.17, 15) is 13.2 Å². The number of likely N-dealkylation sites (tertiary alicyclic amines) is 1. The van der Waals surface area contributed by atoms with Gasteiger partial charge in [0.25, 0.3) is 0 Å². The van der Waals surface area contributed by atoms with E-state index >= 15 is 0 Å². The first-order chi connectivity index (χ1) is 13.0. The summed E-state index contributed by atoms with van der Waals surface area (Å²) in [6.45, 7) is 3.16. The van der Waals surface area contributed by atoms with Gasteiger partial charge in [0, 0.05) is 12.1 Å². The second-order valence-corrected chi connectivity index (χ2v) is 7.50. The van der Waals surface area contributed by atoms with E-state index in [0.717, 1.165) is 44.2 Å². The molecule has 0 radical (unpaired) electrons. The average molecular weight is 375 g/mol. The maximum absolute atomic E-state index is 12.9.